The third kappa shape index (κ3) is 5.80. The van der Waals surface area contributed by atoms with Gasteiger partial charge in [0.05, 0.1) is 28.7 Å². The van der Waals surface area contributed by atoms with Crippen LogP contribution in [0.5, 0.6) is 11.5 Å². The predicted molar refractivity (Wildman–Crippen MR) is 154 cm³/mol. The number of benzene rings is 3. The molecule has 0 aliphatic heterocycles. The van der Waals surface area contributed by atoms with Crippen LogP contribution in [-0.2, 0) is 6.61 Å². The zero-order chi connectivity index (χ0) is 25.8. The Morgan fingerprint density at radius 3 is 2.57 bits per heavy atom. The van der Waals surface area contributed by atoms with Crippen LogP contribution in [-0.4, -0.2) is 23.0 Å². The van der Waals surface area contributed by atoms with Crippen molar-refractivity contribution in [2.45, 2.75) is 44.6 Å². The van der Waals surface area contributed by atoms with E-state index in [0.717, 1.165) is 57.1 Å². The summed E-state index contributed by atoms with van der Waals surface area (Å²) in [5, 5.41) is 5.21. The first-order valence-corrected chi connectivity index (χ1v) is 13.9. The summed E-state index contributed by atoms with van der Waals surface area (Å²) in [5.41, 5.74) is 2.38. The van der Waals surface area contributed by atoms with Crippen LogP contribution >= 0.6 is 31.9 Å². The minimum absolute atomic E-state index is 0.150. The molecule has 0 spiro atoms. The summed E-state index contributed by atoms with van der Waals surface area (Å²) >= 11 is 7.07. The van der Waals surface area contributed by atoms with Gasteiger partial charge in [0.25, 0.3) is 5.56 Å². The third-order valence-corrected chi connectivity index (χ3v) is 7.74. The van der Waals surface area contributed by atoms with Gasteiger partial charge < -0.3 is 9.47 Å². The average Bonchev–Trinajstić information content (AvgIpc) is 2.93. The molecule has 0 bridgehead atoms. The van der Waals surface area contributed by atoms with E-state index in [4.69, 9.17) is 14.5 Å². The molecule has 0 N–H and O–H groups in total. The average molecular weight is 625 g/mol. The first kappa shape index (κ1) is 25.7. The van der Waals surface area contributed by atoms with E-state index in [1.807, 2.05) is 54.6 Å². The number of para-hydroxylation sites is 1. The Balaban J connectivity index is 1.47. The van der Waals surface area contributed by atoms with Crippen molar-refractivity contribution in [1.29, 1.82) is 0 Å². The van der Waals surface area contributed by atoms with E-state index < -0.39 is 0 Å². The largest absolute Gasteiger partial charge is 0.493 e. The SMILES string of the molecule is COc1cc(C=Nn2c(C3CCCCC3)nc3ccccc3c2=O)cc(Br)c1OCc1ccc(Br)cc1. The van der Waals surface area contributed by atoms with Gasteiger partial charge in [-0.25, -0.2) is 4.98 Å². The van der Waals surface area contributed by atoms with Gasteiger partial charge in [-0.1, -0.05) is 59.5 Å². The maximum Gasteiger partial charge on any atom is 0.282 e. The van der Waals surface area contributed by atoms with E-state index in [1.54, 1.807) is 19.4 Å². The maximum atomic E-state index is 13.5. The number of hydrogen-bond acceptors (Lipinski definition) is 5. The molecule has 6 nitrogen and oxygen atoms in total. The molecular formula is C29H27Br2N3O3. The van der Waals surface area contributed by atoms with Gasteiger partial charge in [0.1, 0.15) is 12.4 Å². The van der Waals surface area contributed by atoms with E-state index in [2.05, 4.69) is 37.0 Å². The Labute approximate surface area is 232 Å². The first-order valence-electron chi connectivity index (χ1n) is 12.3. The van der Waals surface area contributed by atoms with Crippen LogP contribution in [0.4, 0.5) is 0 Å². The number of nitrogens with zero attached hydrogens (tertiary/aromatic N) is 3. The Kier molecular flexibility index (Phi) is 8.05. The Morgan fingerprint density at radius 2 is 1.81 bits per heavy atom. The summed E-state index contributed by atoms with van der Waals surface area (Å²) in [7, 11) is 1.61. The molecule has 1 aliphatic rings. The summed E-state index contributed by atoms with van der Waals surface area (Å²) in [6.45, 7) is 0.401. The zero-order valence-electron chi connectivity index (χ0n) is 20.5. The molecule has 1 aromatic heterocycles. The lowest BCUT2D eigenvalue weighted by Crippen LogP contribution is -2.25. The second kappa shape index (κ2) is 11.6. The van der Waals surface area contributed by atoms with Crippen molar-refractivity contribution in [2.24, 2.45) is 5.10 Å². The van der Waals surface area contributed by atoms with Gasteiger partial charge in [-0.15, -0.1) is 0 Å². The molecule has 1 heterocycles. The van der Waals surface area contributed by atoms with Crippen LogP contribution in [0.3, 0.4) is 0 Å². The van der Waals surface area contributed by atoms with Crippen LogP contribution in [0.1, 0.15) is 55.0 Å². The lowest BCUT2D eigenvalue weighted by Gasteiger charge is -2.22. The minimum atomic E-state index is -0.150. The quantitative estimate of drug-likeness (QED) is 0.200. The van der Waals surface area contributed by atoms with Gasteiger partial charge in [0, 0.05) is 10.4 Å². The summed E-state index contributed by atoms with van der Waals surface area (Å²) < 4.78 is 14.9. The van der Waals surface area contributed by atoms with Crippen molar-refractivity contribution in [1.82, 2.24) is 9.66 Å². The second-order valence-corrected chi connectivity index (χ2v) is 10.9. The Bertz CT molecular complexity index is 1490. The molecule has 190 valence electrons. The molecule has 1 aliphatic carbocycles. The summed E-state index contributed by atoms with van der Waals surface area (Å²) in [4.78, 5) is 18.3. The summed E-state index contributed by atoms with van der Waals surface area (Å²) in [6.07, 6.45) is 7.22. The molecule has 1 fully saturated rings. The number of rotatable bonds is 7. The van der Waals surface area contributed by atoms with Crippen LogP contribution < -0.4 is 15.0 Å². The molecule has 3 aromatic carbocycles. The lowest BCUT2D eigenvalue weighted by molar-refractivity contribution is 0.282. The predicted octanol–water partition coefficient (Wildman–Crippen LogP) is 7.44. The van der Waals surface area contributed by atoms with Crippen molar-refractivity contribution in [3.8, 4) is 11.5 Å². The van der Waals surface area contributed by atoms with Crippen LogP contribution in [0.15, 0.2) is 79.5 Å². The van der Waals surface area contributed by atoms with Crippen LogP contribution in [0.2, 0.25) is 0 Å². The molecule has 5 rings (SSSR count). The van der Waals surface area contributed by atoms with Crippen LogP contribution in [0, 0.1) is 0 Å². The first-order chi connectivity index (χ1) is 18.0. The number of halogens is 2. The molecule has 0 unspecified atom stereocenters. The maximum absolute atomic E-state index is 13.5. The van der Waals surface area contributed by atoms with E-state index in [9.17, 15) is 4.79 Å². The fraction of sp³-hybridized carbons (Fsp3) is 0.276. The minimum Gasteiger partial charge on any atom is -0.493 e. The molecular weight excluding hydrogens is 598 g/mol. The number of aromatic nitrogens is 2. The lowest BCUT2D eigenvalue weighted by atomic mass is 9.88. The van der Waals surface area contributed by atoms with E-state index in [0.29, 0.717) is 23.5 Å². The Morgan fingerprint density at radius 1 is 1.05 bits per heavy atom. The third-order valence-electron chi connectivity index (χ3n) is 6.62. The van der Waals surface area contributed by atoms with Crippen molar-refractivity contribution in [3.63, 3.8) is 0 Å². The van der Waals surface area contributed by atoms with Gasteiger partial charge in [0.2, 0.25) is 0 Å². The van der Waals surface area contributed by atoms with Crippen LogP contribution in [0.25, 0.3) is 10.9 Å². The van der Waals surface area contributed by atoms with Gasteiger partial charge in [-0.2, -0.15) is 9.78 Å². The molecule has 8 heteroatoms. The molecule has 4 aromatic rings. The van der Waals surface area contributed by atoms with E-state index in [1.165, 1.54) is 11.1 Å². The Hall–Kier alpha value is -2.97. The number of methoxy groups -OCH3 is 1. The van der Waals surface area contributed by atoms with Crippen molar-refractivity contribution < 1.29 is 9.47 Å². The molecule has 1 saturated carbocycles. The van der Waals surface area contributed by atoms with Gasteiger partial charge >= 0.3 is 0 Å². The van der Waals surface area contributed by atoms with E-state index in [-0.39, 0.29) is 11.5 Å². The summed E-state index contributed by atoms with van der Waals surface area (Å²) in [6, 6.07) is 19.2. The van der Waals surface area contributed by atoms with Crippen molar-refractivity contribution >= 4 is 49.0 Å². The monoisotopic (exact) mass is 623 g/mol. The fourth-order valence-corrected chi connectivity index (χ4v) is 5.53. The highest BCUT2D eigenvalue weighted by molar-refractivity contribution is 9.10. The van der Waals surface area contributed by atoms with Gasteiger partial charge in [-0.05, 0) is 76.3 Å². The highest BCUT2D eigenvalue weighted by atomic mass is 79.9. The molecule has 37 heavy (non-hydrogen) atoms. The zero-order valence-corrected chi connectivity index (χ0v) is 23.7. The number of hydrogen-bond donors (Lipinski definition) is 0. The second-order valence-electron chi connectivity index (χ2n) is 9.13. The molecule has 0 atom stereocenters. The smallest absolute Gasteiger partial charge is 0.282 e. The molecule has 0 amide bonds. The number of fused-ring (bicyclic) bond motifs is 1. The van der Waals surface area contributed by atoms with Crippen molar-refractivity contribution in [3.05, 3.63) is 96.9 Å². The van der Waals surface area contributed by atoms with Crippen molar-refractivity contribution in [2.75, 3.05) is 7.11 Å². The highest BCUT2D eigenvalue weighted by Crippen LogP contribution is 2.37. The molecule has 0 radical (unpaired) electrons. The van der Waals surface area contributed by atoms with E-state index >= 15 is 0 Å². The summed E-state index contributed by atoms with van der Waals surface area (Å²) in [5.74, 6) is 2.14. The standard InChI is InChI=1S/C29H27Br2N3O3/c1-36-26-16-20(15-24(31)27(26)37-18-19-11-13-22(30)14-12-19)17-32-34-28(21-7-3-2-4-8-21)33-25-10-6-5-9-23(25)29(34)35/h5-6,9-17,21H,2-4,7-8,18H2,1H3. The number of ether oxygens (including phenoxy) is 2. The normalized spacial score (nSPS) is 14.4. The molecule has 0 saturated heterocycles. The van der Waals surface area contributed by atoms with Gasteiger partial charge in [0.15, 0.2) is 11.5 Å². The fourth-order valence-electron chi connectivity index (χ4n) is 4.69. The topological polar surface area (TPSA) is 65.7 Å². The van der Waals surface area contributed by atoms with Gasteiger partial charge in [-0.3, -0.25) is 4.79 Å². The highest BCUT2D eigenvalue weighted by Gasteiger charge is 2.22.